The van der Waals surface area contributed by atoms with Gasteiger partial charge in [0.15, 0.2) is 12.0 Å². The first-order valence-electron chi connectivity index (χ1n) is 9.39. The summed E-state index contributed by atoms with van der Waals surface area (Å²) in [6.07, 6.45) is 7.75. The van der Waals surface area contributed by atoms with Gasteiger partial charge in [0, 0.05) is 25.4 Å². The topological polar surface area (TPSA) is 131 Å². The highest BCUT2D eigenvalue weighted by atomic mass is 16.4. The lowest BCUT2D eigenvalue weighted by Crippen LogP contribution is -2.25. The van der Waals surface area contributed by atoms with Gasteiger partial charge in [-0.2, -0.15) is 9.61 Å². The third-order valence-corrected chi connectivity index (χ3v) is 4.75. The number of carbonyl (C=O) groups is 1. The molecule has 4 aromatic rings. The van der Waals surface area contributed by atoms with Gasteiger partial charge in [-0.05, 0) is 25.0 Å². The number of hydrogen-bond acceptors (Lipinski definition) is 8. The molecule has 11 nitrogen and oxygen atoms in total. The van der Waals surface area contributed by atoms with Gasteiger partial charge in [-0.25, -0.2) is 9.97 Å². The van der Waals surface area contributed by atoms with Gasteiger partial charge in [0.1, 0.15) is 22.9 Å². The summed E-state index contributed by atoms with van der Waals surface area (Å²) in [5.74, 6) is 1.09. The fraction of sp³-hybridized carbons (Fsp3) is 0.211. The monoisotopic (exact) mass is 406 g/mol. The summed E-state index contributed by atoms with van der Waals surface area (Å²) < 4.78 is 8.09. The lowest BCUT2D eigenvalue weighted by molar-refractivity contribution is 0.0952. The Morgan fingerprint density at radius 2 is 2.17 bits per heavy atom. The van der Waals surface area contributed by atoms with E-state index in [1.54, 1.807) is 36.0 Å². The highest BCUT2D eigenvalue weighted by molar-refractivity contribution is 6.00. The smallest absolute Gasteiger partial charge is 0.281 e. The Morgan fingerprint density at radius 1 is 1.30 bits per heavy atom. The summed E-state index contributed by atoms with van der Waals surface area (Å²) >= 11 is 0. The van der Waals surface area contributed by atoms with E-state index in [-0.39, 0.29) is 23.2 Å². The quantitative estimate of drug-likeness (QED) is 0.439. The molecule has 1 aliphatic rings. The largest absolute Gasteiger partial charge is 0.427 e. The van der Waals surface area contributed by atoms with Crippen LogP contribution in [-0.4, -0.2) is 43.1 Å². The molecular weight excluding hydrogens is 388 g/mol. The average Bonchev–Trinajstić information content (AvgIpc) is 3.22. The van der Waals surface area contributed by atoms with Crippen LogP contribution < -0.4 is 21.5 Å². The summed E-state index contributed by atoms with van der Waals surface area (Å²) in [4.78, 5) is 33.8. The van der Waals surface area contributed by atoms with Gasteiger partial charge in [-0.15, -0.1) is 0 Å². The predicted molar refractivity (Wildman–Crippen MR) is 108 cm³/mol. The molecular formula is C19H18N8O3. The Hall–Kier alpha value is -4.15. The maximum atomic E-state index is 12.8. The predicted octanol–water partition coefficient (Wildman–Crippen LogP) is 1.55. The van der Waals surface area contributed by atoms with Gasteiger partial charge in [-0.1, -0.05) is 0 Å². The minimum Gasteiger partial charge on any atom is -0.427 e. The summed E-state index contributed by atoms with van der Waals surface area (Å²) in [5.41, 5.74) is 0.710. The van der Waals surface area contributed by atoms with E-state index in [1.165, 1.54) is 23.4 Å². The Kier molecular flexibility index (Phi) is 4.20. The van der Waals surface area contributed by atoms with Gasteiger partial charge in [0.25, 0.3) is 11.5 Å². The number of oxazole rings is 1. The zero-order valence-electron chi connectivity index (χ0n) is 16.0. The fourth-order valence-corrected chi connectivity index (χ4v) is 3.08. The molecule has 0 saturated heterocycles. The molecule has 1 saturated carbocycles. The Balaban J connectivity index is 1.54. The van der Waals surface area contributed by atoms with Gasteiger partial charge in [0.2, 0.25) is 5.88 Å². The van der Waals surface area contributed by atoms with E-state index < -0.39 is 0 Å². The molecule has 1 amide bonds. The second-order valence-corrected chi connectivity index (χ2v) is 6.88. The van der Waals surface area contributed by atoms with Crippen LogP contribution in [0.25, 0.3) is 11.5 Å². The standard InChI is InChI=1S/C19H18N8O3/c1-20-15-7-14(24-13-3-2-6-26(19(13)29)16-9-21-10-30-16)25-17-12(8-22-27(15)17)18(28)23-11-4-5-11/h2-3,6-11,20H,4-5H2,1H3,(H,23,28)(H,24,25). The number of amides is 1. The van der Waals surface area contributed by atoms with Gasteiger partial charge in [-0.3, -0.25) is 14.2 Å². The molecule has 5 rings (SSSR count). The van der Waals surface area contributed by atoms with Crippen molar-refractivity contribution in [1.82, 2.24) is 29.5 Å². The number of nitrogens with one attached hydrogen (secondary N) is 3. The molecule has 0 aliphatic heterocycles. The molecule has 0 bridgehead atoms. The number of anilines is 3. The molecule has 1 fully saturated rings. The van der Waals surface area contributed by atoms with E-state index in [0.717, 1.165) is 12.8 Å². The molecule has 3 N–H and O–H groups in total. The average molecular weight is 406 g/mol. The minimum atomic E-state index is -0.331. The maximum absolute atomic E-state index is 12.8. The number of carbonyl (C=O) groups excluding carboxylic acids is 1. The number of aromatic nitrogens is 5. The van der Waals surface area contributed by atoms with Crippen molar-refractivity contribution in [2.24, 2.45) is 0 Å². The molecule has 0 unspecified atom stereocenters. The van der Waals surface area contributed by atoms with Crippen molar-refractivity contribution in [3.63, 3.8) is 0 Å². The number of hydrogen-bond donors (Lipinski definition) is 3. The Morgan fingerprint density at radius 3 is 2.90 bits per heavy atom. The van der Waals surface area contributed by atoms with E-state index >= 15 is 0 Å². The van der Waals surface area contributed by atoms with Crippen molar-refractivity contribution in [3.05, 3.63) is 59.1 Å². The second-order valence-electron chi connectivity index (χ2n) is 6.88. The molecule has 30 heavy (non-hydrogen) atoms. The van der Waals surface area contributed by atoms with Gasteiger partial charge < -0.3 is 20.4 Å². The van der Waals surface area contributed by atoms with Crippen molar-refractivity contribution in [1.29, 1.82) is 0 Å². The molecule has 4 aromatic heterocycles. The second kappa shape index (κ2) is 7.03. The molecule has 11 heteroatoms. The van der Waals surface area contributed by atoms with E-state index in [2.05, 4.69) is 31.0 Å². The lowest BCUT2D eigenvalue weighted by atomic mass is 10.3. The number of pyridine rings is 1. The molecule has 0 radical (unpaired) electrons. The van der Waals surface area contributed by atoms with Crippen LogP contribution in [0, 0.1) is 0 Å². The molecule has 152 valence electrons. The number of nitrogens with zero attached hydrogens (tertiary/aromatic N) is 5. The normalized spacial score (nSPS) is 13.4. The number of rotatable bonds is 6. The number of fused-ring (bicyclic) bond motifs is 1. The highest BCUT2D eigenvalue weighted by Gasteiger charge is 2.26. The van der Waals surface area contributed by atoms with Gasteiger partial charge >= 0.3 is 0 Å². The Labute approximate surface area is 169 Å². The van der Waals surface area contributed by atoms with Crippen LogP contribution >= 0.6 is 0 Å². The van der Waals surface area contributed by atoms with Crippen LogP contribution in [0.2, 0.25) is 0 Å². The zero-order valence-corrected chi connectivity index (χ0v) is 16.0. The van der Waals surface area contributed by atoms with Crippen LogP contribution in [-0.2, 0) is 0 Å². The van der Waals surface area contributed by atoms with Crippen LogP contribution in [0.3, 0.4) is 0 Å². The summed E-state index contributed by atoms with van der Waals surface area (Å²) in [5, 5.41) is 13.3. The van der Waals surface area contributed by atoms with Gasteiger partial charge in [0.05, 0.1) is 12.4 Å². The van der Waals surface area contributed by atoms with Crippen LogP contribution in [0.1, 0.15) is 23.2 Å². The minimum absolute atomic E-state index is 0.216. The molecule has 4 heterocycles. The van der Waals surface area contributed by atoms with Crippen molar-refractivity contribution in [2.45, 2.75) is 18.9 Å². The molecule has 0 aromatic carbocycles. The summed E-state index contributed by atoms with van der Waals surface area (Å²) in [6, 6.07) is 5.26. The van der Waals surface area contributed by atoms with Crippen molar-refractivity contribution in [2.75, 3.05) is 17.7 Å². The first-order valence-corrected chi connectivity index (χ1v) is 9.39. The third kappa shape index (κ3) is 3.15. The van der Waals surface area contributed by atoms with Crippen molar-refractivity contribution < 1.29 is 9.21 Å². The van der Waals surface area contributed by atoms with E-state index in [0.29, 0.717) is 28.7 Å². The van der Waals surface area contributed by atoms with Crippen molar-refractivity contribution >= 4 is 28.9 Å². The highest BCUT2D eigenvalue weighted by Crippen LogP contribution is 2.23. The lowest BCUT2D eigenvalue weighted by Gasteiger charge is -2.11. The van der Waals surface area contributed by atoms with Crippen LogP contribution in [0.15, 0.2) is 52.4 Å². The molecule has 1 aliphatic carbocycles. The SMILES string of the molecule is CNc1cc(Nc2cccn(-c3cnco3)c2=O)nc2c(C(=O)NC3CC3)cnn12. The fourth-order valence-electron chi connectivity index (χ4n) is 3.08. The first kappa shape index (κ1) is 17.9. The third-order valence-electron chi connectivity index (χ3n) is 4.75. The first-order chi connectivity index (χ1) is 14.6. The van der Waals surface area contributed by atoms with Crippen molar-refractivity contribution in [3.8, 4) is 5.88 Å². The van der Waals surface area contributed by atoms with E-state index in [9.17, 15) is 9.59 Å². The van der Waals surface area contributed by atoms with E-state index in [4.69, 9.17) is 4.42 Å². The zero-order chi connectivity index (χ0) is 20.7. The van der Waals surface area contributed by atoms with Crippen LogP contribution in [0.5, 0.6) is 0 Å². The molecule has 0 atom stereocenters. The summed E-state index contributed by atoms with van der Waals surface area (Å²) in [6.45, 7) is 0. The molecule has 0 spiro atoms. The summed E-state index contributed by atoms with van der Waals surface area (Å²) in [7, 11) is 1.74. The van der Waals surface area contributed by atoms with E-state index in [1.807, 2.05) is 0 Å². The maximum Gasteiger partial charge on any atom is 0.281 e. The Bertz CT molecular complexity index is 1290. The van der Waals surface area contributed by atoms with Crippen LogP contribution in [0.4, 0.5) is 17.3 Å².